The predicted octanol–water partition coefficient (Wildman–Crippen LogP) is 3.39. The molecule has 2 heterocycles. The number of nitrogens with zero attached hydrogens (tertiary/aromatic N) is 4. The molecule has 4 aromatic rings. The summed E-state index contributed by atoms with van der Waals surface area (Å²) in [4.78, 5) is 25.4. The van der Waals surface area contributed by atoms with E-state index in [1.54, 1.807) is 30.1 Å². The first-order chi connectivity index (χ1) is 13.9. The predicted molar refractivity (Wildman–Crippen MR) is 112 cm³/mol. The van der Waals surface area contributed by atoms with Crippen LogP contribution in [-0.4, -0.2) is 25.5 Å². The summed E-state index contributed by atoms with van der Waals surface area (Å²) < 4.78 is 3.20. The molecule has 2 aromatic carbocycles. The molecule has 2 aromatic heterocycles. The Bertz CT molecular complexity index is 1270. The van der Waals surface area contributed by atoms with E-state index >= 15 is 0 Å². The summed E-state index contributed by atoms with van der Waals surface area (Å²) in [6.07, 6.45) is 3.24. The van der Waals surface area contributed by atoms with Gasteiger partial charge in [0, 0.05) is 18.3 Å². The summed E-state index contributed by atoms with van der Waals surface area (Å²) in [6, 6.07) is 13.0. The lowest BCUT2D eigenvalue weighted by Crippen LogP contribution is -2.26. The molecular weight excluding hydrogens is 390 g/mol. The highest BCUT2D eigenvalue weighted by Crippen LogP contribution is 2.16. The molecule has 0 aliphatic carbocycles. The SMILES string of the molecule is Cc1ccc(Cn2cc(NC(=O)c3nn(C)c4ccc(Cl)cc4c3=O)cn2)cc1. The maximum absolute atomic E-state index is 12.7. The number of aromatic nitrogens is 4. The number of rotatable bonds is 4. The molecule has 0 aliphatic rings. The van der Waals surface area contributed by atoms with E-state index in [9.17, 15) is 9.59 Å². The van der Waals surface area contributed by atoms with Gasteiger partial charge in [0.1, 0.15) is 0 Å². The monoisotopic (exact) mass is 407 g/mol. The van der Waals surface area contributed by atoms with E-state index in [-0.39, 0.29) is 5.69 Å². The van der Waals surface area contributed by atoms with E-state index in [0.29, 0.717) is 28.2 Å². The van der Waals surface area contributed by atoms with Crippen molar-refractivity contribution in [2.45, 2.75) is 13.5 Å². The van der Waals surface area contributed by atoms with Gasteiger partial charge in [-0.2, -0.15) is 10.2 Å². The number of carbonyl (C=O) groups excluding carboxylic acids is 1. The minimum Gasteiger partial charge on any atom is -0.318 e. The lowest BCUT2D eigenvalue weighted by atomic mass is 10.1. The van der Waals surface area contributed by atoms with Crippen LogP contribution < -0.4 is 10.7 Å². The van der Waals surface area contributed by atoms with Gasteiger partial charge in [-0.15, -0.1) is 0 Å². The van der Waals surface area contributed by atoms with Gasteiger partial charge in [0.25, 0.3) is 5.91 Å². The standard InChI is InChI=1S/C21H18ClN5O2/c1-13-3-5-14(6-4-13)11-27-12-16(10-23-27)24-21(29)19-20(28)17-9-15(22)7-8-18(17)26(2)25-19/h3-10,12H,11H2,1-2H3,(H,24,29). The lowest BCUT2D eigenvalue weighted by Gasteiger charge is -2.08. The Kier molecular flexibility index (Phi) is 4.90. The van der Waals surface area contributed by atoms with E-state index in [0.717, 1.165) is 5.56 Å². The molecule has 29 heavy (non-hydrogen) atoms. The molecule has 0 unspecified atom stereocenters. The van der Waals surface area contributed by atoms with Crippen LogP contribution >= 0.6 is 11.6 Å². The van der Waals surface area contributed by atoms with Crippen molar-refractivity contribution < 1.29 is 4.79 Å². The van der Waals surface area contributed by atoms with Crippen LogP contribution in [-0.2, 0) is 13.6 Å². The van der Waals surface area contributed by atoms with Crippen LogP contribution in [0.4, 0.5) is 5.69 Å². The summed E-state index contributed by atoms with van der Waals surface area (Å²) in [7, 11) is 1.67. The maximum atomic E-state index is 12.7. The molecule has 0 saturated heterocycles. The van der Waals surface area contributed by atoms with Crippen molar-refractivity contribution >= 4 is 34.1 Å². The number of anilines is 1. The summed E-state index contributed by atoms with van der Waals surface area (Å²) in [5.41, 5.74) is 2.70. The van der Waals surface area contributed by atoms with Crippen molar-refractivity contribution in [3.05, 3.63) is 86.9 Å². The van der Waals surface area contributed by atoms with Crippen LogP contribution in [0.15, 0.2) is 59.7 Å². The average Bonchev–Trinajstić information content (AvgIpc) is 3.13. The first-order valence-corrected chi connectivity index (χ1v) is 9.34. The maximum Gasteiger partial charge on any atom is 0.280 e. The second kappa shape index (κ2) is 7.52. The minimum atomic E-state index is -0.595. The third kappa shape index (κ3) is 3.90. The van der Waals surface area contributed by atoms with E-state index in [1.165, 1.54) is 22.5 Å². The van der Waals surface area contributed by atoms with E-state index in [1.807, 2.05) is 31.2 Å². The van der Waals surface area contributed by atoms with Gasteiger partial charge in [0.2, 0.25) is 5.43 Å². The Balaban J connectivity index is 1.57. The normalized spacial score (nSPS) is 11.0. The Morgan fingerprint density at radius 3 is 2.69 bits per heavy atom. The third-order valence-corrected chi connectivity index (χ3v) is 4.82. The molecule has 1 N–H and O–H groups in total. The van der Waals surface area contributed by atoms with Crippen molar-refractivity contribution in [3.63, 3.8) is 0 Å². The van der Waals surface area contributed by atoms with Gasteiger partial charge in [0.15, 0.2) is 5.69 Å². The summed E-state index contributed by atoms with van der Waals surface area (Å²) >= 11 is 6.00. The van der Waals surface area contributed by atoms with Crippen molar-refractivity contribution in [1.29, 1.82) is 0 Å². The van der Waals surface area contributed by atoms with E-state index < -0.39 is 11.3 Å². The fraction of sp³-hybridized carbons (Fsp3) is 0.143. The molecule has 7 nitrogen and oxygen atoms in total. The largest absolute Gasteiger partial charge is 0.318 e. The van der Waals surface area contributed by atoms with Gasteiger partial charge < -0.3 is 5.32 Å². The van der Waals surface area contributed by atoms with Gasteiger partial charge >= 0.3 is 0 Å². The molecule has 8 heteroatoms. The molecule has 0 atom stereocenters. The van der Waals surface area contributed by atoms with Crippen LogP contribution in [0.2, 0.25) is 5.02 Å². The number of hydrogen-bond acceptors (Lipinski definition) is 4. The summed E-state index contributed by atoms with van der Waals surface area (Å²) in [6.45, 7) is 2.61. The zero-order valence-electron chi connectivity index (χ0n) is 15.9. The number of amides is 1. The molecule has 4 rings (SSSR count). The molecule has 0 radical (unpaired) electrons. The highest BCUT2D eigenvalue weighted by atomic mass is 35.5. The Morgan fingerprint density at radius 2 is 1.93 bits per heavy atom. The Morgan fingerprint density at radius 1 is 1.17 bits per heavy atom. The van der Waals surface area contributed by atoms with Gasteiger partial charge in [-0.3, -0.25) is 19.0 Å². The number of halogens is 1. The number of fused-ring (bicyclic) bond motifs is 1. The second-order valence-corrected chi connectivity index (χ2v) is 7.27. The van der Waals surface area contributed by atoms with Crippen LogP contribution in [0, 0.1) is 6.92 Å². The lowest BCUT2D eigenvalue weighted by molar-refractivity contribution is 0.101. The molecule has 0 aliphatic heterocycles. The fourth-order valence-corrected chi connectivity index (χ4v) is 3.26. The van der Waals surface area contributed by atoms with Crippen LogP contribution in [0.5, 0.6) is 0 Å². The van der Waals surface area contributed by atoms with Crippen LogP contribution in [0.3, 0.4) is 0 Å². The Labute approximate surface area is 171 Å². The minimum absolute atomic E-state index is 0.200. The molecule has 0 bridgehead atoms. The van der Waals surface area contributed by atoms with Gasteiger partial charge in [-0.05, 0) is 30.7 Å². The van der Waals surface area contributed by atoms with Crippen molar-refractivity contribution in [1.82, 2.24) is 19.6 Å². The smallest absolute Gasteiger partial charge is 0.280 e. The number of hydrogen-bond donors (Lipinski definition) is 1. The zero-order chi connectivity index (χ0) is 20.5. The molecule has 0 saturated carbocycles. The number of carbonyl (C=O) groups is 1. The fourth-order valence-electron chi connectivity index (χ4n) is 3.08. The van der Waals surface area contributed by atoms with Crippen LogP contribution in [0.1, 0.15) is 21.6 Å². The van der Waals surface area contributed by atoms with Crippen molar-refractivity contribution in [2.75, 3.05) is 5.32 Å². The topological polar surface area (TPSA) is 81.8 Å². The average molecular weight is 408 g/mol. The van der Waals surface area contributed by atoms with E-state index in [4.69, 9.17) is 11.6 Å². The highest BCUT2D eigenvalue weighted by molar-refractivity contribution is 6.31. The summed E-state index contributed by atoms with van der Waals surface area (Å²) in [5, 5.41) is 11.8. The second-order valence-electron chi connectivity index (χ2n) is 6.83. The molecular formula is C21H18ClN5O2. The third-order valence-electron chi connectivity index (χ3n) is 4.59. The quantitative estimate of drug-likeness (QED) is 0.562. The number of aryl methyl sites for hydroxylation is 2. The van der Waals surface area contributed by atoms with Gasteiger partial charge in [-0.1, -0.05) is 41.4 Å². The van der Waals surface area contributed by atoms with E-state index in [2.05, 4.69) is 15.5 Å². The van der Waals surface area contributed by atoms with Crippen molar-refractivity contribution in [3.8, 4) is 0 Å². The number of benzene rings is 2. The van der Waals surface area contributed by atoms with Crippen LogP contribution in [0.25, 0.3) is 10.9 Å². The van der Waals surface area contributed by atoms with Gasteiger partial charge in [-0.25, -0.2) is 0 Å². The molecule has 0 fully saturated rings. The van der Waals surface area contributed by atoms with Gasteiger partial charge in [0.05, 0.1) is 29.3 Å². The molecule has 0 spiro atoms. The first kappa shape index (κ1) is 18.9. The number of nitrogens with one attached hydrogen (secondary N) is 1. The van der Waals surface area contributed by atoms with Crippen molar-refractivity contribution in [2.24, 2.45) is 7.05 Å². The molecule has 1 amide bonds. The Hall–Kier alpha value is -3.45. The molecule has 146 valence electrons. The zero-order valence-corrected chi connectivity index (χ0v) is 16.6. The summed E-state index contributed by atoms with van der Waals surface area (Å²) in [5.74, 6) is -0.595. The first-order valence-electron chi connectivity index (χ1n) is 8.96. The highest BCUT2D eigenvalue weighted by Gasteiger charge is 2.17.